The van der Waals surface area contributed by atoms with Crippen molar-refractivity contribution in [1.29, 1.82) is 0 Å². The number of fused-ring (bicyclic) bond motifs is 4. The standard InChI is InChI=1S/C46H46O12/c1-53-27-17-19-29-33(25-27)41(49)31-21-23-35(55-3)45(39(31)43(29)51)57-37(47)15-13-11-9-7-5-6-8-10-12-14-16-38(48)58-46-36(56-4)24-22-32-40(46)44(52)30-20-18-28(54-2)26-34(30)42(32)50/h17-26H,5-16H2,1-4H3. The third kappa shape index (κ3) is 8.66. The molecule has 0 spiro atoms. The summed E-state index contributed by atoms with van der Waals surface area (Å²) in [5, 5.41) is 0. The number of carbonyl (C=O) groups excluding carboxylic acids is 6. The zero-order chi connectivity index (χ0) is 41.3. The van der Waals surface area contributed by atoms with Gasteiger partial charge in [-0.15, -0.1) is 0 Å². The summed E-state index contributed by atoms with van der Waals surface area (Å²) in [6, 6.07) is 15.4. The Kier molecular flexibility index (Phi) is 13.4. The first-order valence-electron chi connectivity index (χ1n) is 19.5. The van der Waals surface area contributed by atoms with Crippen molar-refractivity contribution >= 4 is 35.1 Å². The van der Waals surface area contributed by atoms with E-state index in [4.69, 9.17) is 28.4 Å². The molecule has 0 fully saturated rings. The summed E-state index contributed by atoms with van der Waals surface area (Å²) in [6.45, 7) is 0. The van der Waals surface area contributed by atoms with Crippen molar-refractivity contribution in [3.05, 3.63) is 105 Å². The van der Waals surface area contributed by atoms with Crippen LogP contribution >= 0.6 is 0 Å². The number of esters is 2. The molecule has 12 heteroatoms. The van der Waals surface area contributed by atoms with Crippen molar-refractivity contribution in [2.45, 2.75) is 77.0 Å². The van der Waals surface area contributed by atoms with Crippen molar-refractivity contribution in [3.63, 3.8) is 0 Å². The SMILES string of the molecule is COc1ccc2c(c1)C(=O)c1ccc(OC)c(OC(=O)CCCCCCCCCCCCC(=O)Oc3c(OC)ccc4c3C(=O)c3ccc(OC)cc3C4=O)c1C2=O. The molecule has 2 aliphatic carbocycles. The molecule has 6 rings (SSSR count). The normalized spacial score (nSPS) is 12.6. The summed E-state index contributed by atoms with van der Waals surface area (Å²) >= 11 is 0. The van der Waals surface area contributed by atoms with Crippen LogP contribution in [0.15, 0.2) is 60.7 Å². The fourth-order valence-corrected chi connectivity index (χ4v) is 7.40. The molecule has 2 aliphatic rings. The molecule has 0 radical (unpaired) electrons. The van der Waals surface area contributed by atoms with Crippen LogP contribution in [0.1, 0.15) is 141 Å². The quantitative estimate of drug-likeness (QED) is 0.0439. The van der Waals surface area contributed by atoms with E-state index in [1.165, 1.54) is 77.0 Å². The molecule has 58 heavy (non-hydrogen) atoms. The van der Waals surface area contributed by atoms with Crippen molar-refractivity contribution in [1.82, 2.24) is 0 Å². The van der Waals surface area contributed by atoms with Gasteiger partial charge in [0, 0.05) is 46.2 Å². The number of hydrogen-bond donors (Lipinski definition) is 0. The lowest BCUT2D eigenvalue weighted by atomic mass is 9.83. The summed E-state index contributed by atoms with van der Waals surface area (Å²) in [5.74, 6) is -1.36. The van der Waals surface area contributed by atoms with Gasteiger partial charge in [-0.05, 0) is 73.5 Å². The summed E-state index contributed by atoms with van der Waals surface area (Å²) in [7, 11) is 5.78. The first-order valence-corrected chi connectivity index (χ1v) is 19.5. The van der Waals surface area contributed by atoms with Gasteiger partial charge in [-0.25, -0.2) is 0 Å². The van der Waals surface area contributed by atoms with Crippen molar-refractivity contribution < 1.29 is 57.2 Å². The molecule has 0 saturated heterocycles. The number of methoxy groups -OCH3 is 4. The lowest BCUT2D eigenvalue weighted by Gasteiger charge is -2.21. The van der Waals surface area contributed by atoms with Gasteiger partial charge in [-0.1, -0.05) is 51.4 Å². The van der Waals surface area contributed by atoms with Crippen LogP contribution in [-0.4, -0.2) is 63.5 Å². The first kappa shape index (κ1) is 41.3. The highest BCUT2D eigenvalue weighted by Gasteiger charge is 2.36. The molecule has 0 atom stereocenters. The van der Waals surface area contributed by atoms with Crippen LogP contribution in [0.3, 0.4) is 0 Å². The van der Waals surface area contributed by atoms with Crippen LogP contribution < -0.4 is 28.4 Å². The smallest absolute Gasteiger partial charge is 0.311 e. The fraction of sp³-hybridized carbons (Fsp3) is 0.348. The van der Waals surface area contributed by atoms with E-state index < -0.39 is 23.5 Å². The van der Waals surface area contributed by atoms with E-state index in [0.29, 0.717) is 24.3 Å². The maximum Gasteiger partial charge on any atom is 0.311 e. The van der Waals surface area contributed by atoms with E-state index >= 15 is 0 Å². The molecule has 302 valence electrons. The van der Waals surface area contributed by atoms with Gasteiger partial charge in [0.1, 0.15) is 11.5 Å². The van der Waals surface area contributed by atoms with E-state index in [1.807, 2.05) is 0 Å². The number of rotatable bonds is 19. The van der Waals surface area contributed by atoms with E-state index in [2.05, 4.69) is 0 Å². The molecule has 0 heterocycles. The maximum absolute atomic E-state index is 13.5. The molecule has 0 unspecified atom stereocenters. The van der Waals surface area contributed by atoms with E-state index in [0.717, 1.165) is 51.4 Å². The Morgan fingerprint density at radius 3 is 1.09 bits per heavy atom. The molecule has 4 aromatic rings. The van der Waals surface area contributed by atoms with Crippen LogP contribution in [0.2, 0.25) is 0 Å². The highest BCUT2D eigenvalue weighted by Crippen LogP contribution is 2.42. The van der Waals surface area contributed by atoms with Crippen LogP contribution in [0.25, 0.3) is 0 Å². The van der Waals surface area contributed by atoms with Crippen LogP contribution in [0, 0.1) is 0 Å². The Labute approximate surface area is 336 Å². The van der Waals surface area contributed by atoms with Gasteiger partial charge >= 0.3 is 11.9 Å². The lowest BCUT2D eigenvalue weighted by Crippen LogP contribution is -2.23. The lowest BCUT2D eigenvalue weighted by molar-refractivity contribution is -0.135. The minimum Gasteiger partial charge on any atom is -0.497 e. The Balaban J connectivity index is 0.880. The van der Waals surface area contributed by atoms with E-state index in [-0.39, 0.29) is 91.9 Å². The van der Waals surface area contributed by atoms with Gasteiger partial charge < -0.3 is 28.4 Å². The predicted molar refractivity (Wildman–Crippen MR) is 212 cm³/mol. The van der Waals surface area contributed by atoms with Crippen molar-refractivity contribution in [3.8, 4) is 34.5 Å². The van der Waals surface area contributed by atoms with Crippen LogP contribution in [0.5, 0.6) is 34.5 Å². The molecule has 12 nitrogen and oxygen atoms in total. The van der Waals surface area contributed by atoms with E-state index in [9.17, 15) is 28.8 Å². The topological polar surface area (TPSA) is 158 Å². The zero-order valence-corrected chi connectivity index (χ0v) is 33.2. The molecule has 0 aromatic heterocycles. The molecule has 4 aromatic carbocycles. The molecule has 0 saturated carbocycles. The summed E-state index contributed by atoms with van der Waals surface area (Å²) < 4.78 is 32.6. The van der Waals surface area contributed by atoms with Gasteiger partial charge in [0.15, 0.2) is 46.1 Å². The number of carbonyl (C=O) groups is 6. The highest BCUT2D eigenvalue weighted by molar-refractivity contribution is 6.30. The first-order chi connectivity index (χ1) is 28.1. The average molecular weight is 791 g/mol. The van der Waals surface area contributed by atoms with Gasteiger partial charge in [-0.3, -0.25) is 28.8 Å². The van der Waals surface area contributed by atoms with Crippen LogP contribution in [0.4, 0.5) is 0 Å². The molecule has 0 aliphatic heterocycles. The third-order valence-corrected chi connectivity index (χ3v) is 10.5. The number of hydrogen-bond acceptors (Lipinski definition) is 12. The summed E-state index contributed by atoms with van der Waals surface area (Å²) in [5.41, 5.74) is 1.22. The van der Waals surface area contributed by atoms with E-state index in [1.54, 1.807) is 12.1 Å². The van der Waals surface area contributed by atoms with Gasteiger partial charge in [0.2, 0.25) is 0 Å². The average Bonchev–Trinajstić information content (AvgIpc) is 3.24. The molecule has 0 N–H and O–H groups in total. The predicted octanol–water partition coefficient (Wildman–Crippen LogP) is 8.46. The zero-order valence-electron chi connectivity index (χ0n) is 33.2. The second-order valence-electron chi connectivity index (χ2n) is 14.2. The minimum atomic E-state index is -0.505. The molecular weight excluding hydrogens is 744 g/mol. The Hall–Kier alpha value is -6.30. The molecule has 0 bridgehead atoms. The number of benzene rings is 4. The second-order valence-corrected chi connectivity index (χ2v) is 14.2. The number of ether oxygens (including phenoxy) is 6. The van der Waals surface area contributed by atoms with Crippen molar-refractivity contribution in [2.75, 3.05) is 28.4 Å². The largest absolute Gasteiger partial charge is 0.497 e. The fourth-order valence-electron chi connectivity index (χ4n) is 7.40. The Morgan fingerprint density at radius 2 is 0.741 bits per heavy atom. The second kappa shape index (κ2) is 18.8. The van der Waals surface area contributed by atoms with Gasteiger partial charge in [0.05, 0.1) is 39.6 Å². The number of ketones is 4. The summed E-state index contributed by atoms with van der Waals surface area (Å²) in [4.78, 5) is 79.4. The Morgan fingerprint density at radius 1 is 0.397 bits per heavy atom. The maximum atomic E-state index is 13.5. The van der Waals surface area contributed by atoms with Crippen molar-refractivity contribution in [2.24, 2.45) is 0 Å². The highest BCUT2D eigenvalue weighted by atomic mass is 16.6. The molecule has 0 amide bonds. The molecular formula is C46H46O12. The van der Waals surface area contributed by atoms with Gasteiger partial charge in [0.25, 0.3) is 0 Å². The number of unbranched alkanes of at least 4 members (excludes halogenated alkanes) is 9. The third-order valence-electron chi connectivity index (χ3n) is 10.5. The summed E-state index contributed by atoms with van der Waals surface area (Å²) in [6.07, 6.45) is 9.26. The van der Waals surface area contributed by atoms with Gasteiger partial charge in [-0.2, -0.15) is 0 Å². The monoisotopic (exact) mass is 790 g/mol. The minimum absolute atomic E-state index is 0.0201. The van der Waals surface area contributed by atoms with Crippen LogP contribution in [-0.2, 0) is 9.59 Å². The Bertz CT molecular complexity index is 2110.